The number of fused-ring (bicyclic) bond motifs is 4. The van der Waals surface area contributed by atoms with Crippen LogP contribution in [0, 0.1) is 0 Å². The van der Waals surface area contributed by atoms with Crippen molar-refractivity contribution >= 4 is 83.6 Å². The fourth-order valence-corrected chi connectivity index (χ4v) is 10.0. The van der Waals surface area contributed by atoms with Gasteiger partial charge in [-0.1, -0.05) is 149 Å². The Balaban J connectivity index is 1.08. The van der Waals surface area contributed by atoms with Crippen LogP contribution in [-0.2, 0) is 24.3 Å². The summed E-state index contributed by atoms with van der Waals surface area (Å²) in [6, 6.07) is 56.3. The van der Waals surface area contributed by atoms with Gasteiger partial charge in [0.2, 0.25) is 0 Å². The molecule has 6 N–H and O–H groups in total. The standard InChI is InChI=1S/C66H60N4O6/c1-3-5-7-15-42-25-31-51(32-26-42)67-64(73)46-29-35-55-48(37-46)39-50(41-76-70-59-24-14-20-45-18-10-12-22-54(45)59)62(71)60(55)61-56-36-30-47(65(74)68-52-33-27-43(28-34-52)16-8-6-4-2)38-49(56)40-57(63(61)72)66(75)69-58-23-13-19-44-17-9-11-21-53(44)58/h9-14,17-40,70-72H,3-8,15-16,41H2,1-2H3,(H,67,73)(H,68,74)(H,69,75). The molecular weight excluding hydrogens is 945 g/mol. The number of carbonyl (C=O) groups is 3. The first-order valence-corrected chi connectivity index (χ1v) is 26.2. The van der Waals surface area contributed by atoms with Crippen molar-refractivity contribution in [2.45, 2.75) is 71.8 Å². The molecular formula is C66H60N4O6. The molecule has 0 saturated carbocycles. The average Bonchev–Trinajstić information content (AvgIpc) is 3.45. The number of hydrogen-bond acceptors (Lipinski definition) is 7. The van der Waals surface area contributed by atoms with Crippen LogP contribution < -0.4 is 21.4 Å². The third-order valence-corrected chi connectivity index (χ3v) is 14.1. The Kier molecular flexibility index (Phi) is 15.3. The number of carbonyl (C=O) groups excluding carboxylic acids is 3. The van der Waals surface area contributed by atoms with E-state index in [1.165, 1.54) is 11.1 Å². The van der Waals surface area contributed by atoms with Crippen LogP contribution in [0.15, 0.2) is 182 Å². The molecule has 0 saturated heterocycles. The highest BCUT2D eigenvalue weighted by molar-refractivity contribution is 6.19. The van der Waals surface area contributed by atoms with Crippen LogP contribution in [-0.4, -0.2) is 27.9 Å². The minimum absolute atomic E-state index is 0.0918. The van der Waals surface area contributed by atoms with Crippen LogP contribution in [0.4, 0.5) is 22.7 Å². The molecule has 380 valence electrons. The maximum Gasteiger partial charge on any atom is 0.259 e. The second-order valence-corrected chi connectivity index (χ2v) is 19.4. The van der Waals surface area contributed by atoms with E-state index in [2.05, 4.69) is 35.3 Å². The second-order valence-electron chi connectivity index (χ2n) is 19.4. The van der Waals surface area contributed by atoms with Crippen molar-refractivity contribution in [3.63, 3.8) is 0 Å². The summed E-state index contributed by atoms with van der Waals surface area (Å²) < 4.78 is 0. The number of anilines is 4. The van der Waals surface area contributed by atoms with E-state index >= 15 is 0 Å². The van der Waals surface area contributed by atoms with Gasteiger partial charge < -0.3 is 26.2 Å². The van der Waals surface area contributed by atoms with Crippen molar-refractivity contribution in [2.24, 2.45) is 0 Å². The molecule has 0 aliphatic rings. The zero-order chi connectivity index (χ0) is 52.5. The van der Waals surface area contributed by atoms with Crippen LogP contribution in [0.1, 0.15) is 100 Å². The molecule has 10 nitrogen and oxygen atoms in total. The molecule has 10 rings (SSSR count). The van der Waals surface area contributed by atoms with Gasteiger partial charge in [-0.15, -0.1) is 0 Å². The smallest absolute Gasteiger partial charge is 0.259 e. The summed E-state index contributed by atoms with van der Waals surface area (Å²) in [5.41, 5.74) is 9.29. The normalized spacial score (nSPS) is 11.3. The summed E-state index contributed by atoms with van der Waals surface area (Å²) in [6.45, 7) is 4.21. The molecule has 0 aromatic heterocycles. The summed E-state index contributed by atoms with van der Waals surface area (Å²) >= 11 is 0. The zero-order valence-electron chi connectivity index (χ0n) is 42.7. The van der Waals surface area contributed by atoms with Crippen LogP contribution in [0.2, 0.25) is 0 Å². The van der Waals surface area contributed by atoms with Crippen molar-refractivity contribution in [3.8, 4) is 22.6 Å². The number of amides is 3. The molecule has 0 aliphatic heterocycles. The number of aryl methyl sites for hydroxylation is 2. The Labute approximate surface area is 442 Å². The second kappa shape index (κ2) is 23.1. The number of aromatic hydroxyl groups is 2. The van der Waals surface area contributed by atoms with Gasteiger partial charge in [0.25, 0.3) is 17.7 Å². The van der Waals surface area contributed by atoms with Crippen LogP contribution >= 0.6 is 0 Å². The Morgan fingerprint density at radius 2 is 0.921 bits per heavy atom. The van der Waals surface area contributed by atoms with Crippen LogP contribution in [0.5, 0.6) is 11.5 Å². The van der Waals surface area contributed by atoms with E-state index in [9.17, 15) is 24.6 Å². The van der Waals surface area contributed by atoms with E-state index in [4.69, 9.17) is 4.84 Å². The van der Waals surface area contributed by atoms with E-state index in [1.807, 2.05) is 127 Å². The summed E-state index contributed by atoms with van der Waals surface area (Å²) in [7, 11) is 0. The zero-order valence-corrected chi connectivity index (χ0v) is 42.7. The van der Waals surface area contributed by atoms with Crippen molar-refractivity contribution in [1.29, 1.82) is 0 Å². The van der Waals surface area contributed by atoms with Gasteiger partial charge in [-0.05, 0) is 142 Å². The predicted molar refractivity (Wildman–Crippen MR) is 310 cm³/mol. The van der Waals surface area contributed by atoms with Crippen LogP contribution in [0.25, 0.3) is 54.2 Å². The van der Waals surface area contributed by atoms with Gasteiger partial charge in [0, 0.05) is 55.7 Å². The number of hydrogen-bond donors (Lipinski definition) is 6. The summed E-state index contributed by atoms with van der Waals surface area (Å²) in [6.07, 6.45) is 8.73. The minimum Gasteiger partial charge on any atom is -0.507 e. The van der Waals surface area contributed by atoms with Crippen LogP contribution in [0.3, 0.4) is 0 Å². The number of benzene rings is 10. The van der Waals surface area contributed by atoms with Gasteiger partial charge in [0.05, 0.1) is 11.3 Å². The molecule has 76 heavy (non-hydrogen) atoms. The van der Waals surface area contributed by atoms with Gasteiger partial charge in [-0.25, -0.2) is 0 Å². The molecule has 0 radical (unpaired) electrons. The lowest BCUT2D eigenvalue weighted by molar-refractivity contribution is 0.101. The minimum atomic E-state index is -0.610. The van der Waals surface area contributed by atoms with Gasteiger partial charge in [0.15, 0.2) is 0 Å². The summed E-state index contributed by atoms with van der Waals surface area (Å²) in [5, 5.41) is 40.1. The Morgan fingerprint density at radius 1 is 0.434 bits per heavy atom. The number of phenolic OH excluding ortho intramolecular Hbond substituents is 2. The molecule has 10 aromatic carbocycles. The Bertz CT molecular complexity index is 3770. The first kappa shape index (κ1) is 50.5. The van der Waals surface area contributed by atoms with E-state index in [0.717, 1.165) is 78.6 Å². The first-order chi connectivity index (χ1) is 37.1. The lowest BCUT2D eigenvalue weighted by Crippen LogP contribution is -2.14. The number of phenols is 2. The number of unbranched alkanes of at least 4 members (excludes halogenated alkanes) is 4. The number of rotatable bonds is 19. The van der Waals surface area contributed by atoms with Crippen molar-refractivity contribution in [3.05, 3.63) is 215 Å². The monoisotopic (exact) mass is 1000 g/mol. The largest absolute Gasteiger partial charge is 0.507 e. The third-order valence-electron chi connectivity index (χ3n) is 14.1. The van der Waals surface area contributed by atoms with Crippen molar-refractivity contribution < 1.29 is 29.4 Å². The van der Waals surface area contributed by atoms with E-state index in [0.29, 0.717) is 55.3 Å². The molecule has 10 aromatic rings. The van der Waals surface area contributed by atoms with Crippen molar-refractivity contribution in [2.75, 3.05) is 21.4 Å². The Hall–Kier alpha value is -8.99. The Morgan fingerprint density at radius 3 is 1.47 bits per heavy atom. The molecule has 0 spiro atoms. The van der Waals surface area contributed by atoms with E-state index < -0.39 is 11.7 Å². The maximum absolute atomic E-state index is 14.7. The fourth-order valence-electron chi connectivity index (χ4n) is 10.0. The first-order valence-electron chi connectivity index (χ1n) is 26.2. The van der Waals surface area contributed by atoms with Gasteiger partial charge >= 0.3 is 0 Å². The molecule has 10 heteroatoms. The quantitative estimate of drug-likeness (QED) is 0.0349. The molecule has 0 bridgehead atoms. The third kappa shape index (κ3) is 11.1. The molecule has 0 fully saturated rings. The molecule has 3 amide bonds. The topological polar surface area (TPSA) is 149 Å². The molecule has 0 atom stereocenters. The lowest BCUT2D eigenvalue weighted by Gasteiger charge is -2.20. The maximum atomic E-state index is 14.7. The average molecular weight is 1010 g/mol. The van der Waals surface area contributed by atoms with Gasteiger partial charge in [-0.3, -0.25) is 24.7 Å². The van der Waals surface area contributed by atoms with E-state index in [-0.39, 0.29) is 40.9 Å². The van der Waals surface area contributed by atoms with Crippen molar-refractivity contribution in [1.82, 2.24) is 0 Å². The summed E-state index contributed by atoms with van der Waals surface area (Å²) in [4.78, 5) is 49.0. The van der Waals surface area contributed by atoms with Gasteiger partial charge in [0.1, 0.15) is 18.1 Å². The number of nitrogens with one attached hydrogen (secondary N) is 4. The highest BCUT2D eigenvalue weighted by Gasteiger charge is 2.26. The highest BCUT2D eigenvalue weighted by Crippen LogP contribution is 2.48. The highest BCUT2D eigenvalue weighted by atomic mass is 16.6. The fraction of sp³-hybridized carbons (Fsp3) is 0.167. The summed E-state index contributed by atoms with van der Waals surface area (Å²) in [5.74, 6) is -1.92. The lowest BCUT2D eigenvalue weighted by atomic mass is 9.87. The van der Waals surface area contributed by atoms with Gasteiger partial charge in [-0.2, -0.15) is 0 Å². The predicted octanol–water partition coefficient (Wildman–Crippen LogP) is 16.1. The van der Waals surface area contributed by atoms with E-state index in [1.54, 1.807) is 54.6 Å². The molecule has 0 unspecified atom stereocenters. The SMILES string of the molecule is CCCCCc1ccc(NC(=O)c2ccc3c(-c4c(O)c(C(=O)Nc5cccc6ccccc56)cc5cc(C(=O)Nc6ccc(CCCCC)cc6)ccc45)c(O)c(CONc4cccc5ccccc45)cc3c2)cc1. The molecule has 0 heterocycles. The molecule has 0 aliphatic carbocycles.